The van der Waals surface area contributed by atoms with Gasteiger partial charge in [-0.15, -0.1) is 0 Å². The molecule has 2 aromatic carbocycles. The van der Waals surface area contributed by atoms with Gasteiger partial charge in [0.2, 0.25) is 0 Å². The zero-order chi connectivity index (χ0) is 15.5. The molecule has 5 heteroatoms. The standard InChI is InChI=1S/C18H18N2O2.H3N/c1-21-16-7-3-5-12-11-17(22-2)14(10-15(12)16)9-13-6-4-8-20-18(13)19;/h3-8,10-11H,9H2,1-2H3,(H2,19,20);1H3. The zero-order valence-electron chi connectivity index (χ0n) is 13.4. The fourth-order valence-corrected chi connectivity index (χ4v) is 2.63. The van der Waals surface area contributed by atoms with Gasteiger partial charge in [-0.1, -0.05) is 18.2 Å². The van der Waals surface area contributed by atoms with Crippen molar-refractivity contribution < 1.29 is 9.47 Å². The molecule has 0 radical (unpaired) electrons. The summed E-state index contributed by atoms with van der Waals surface area (Å²) in [7, 11) is 3.36. The second kappa shape index (κ2) is 6.98. The van der Waals surface area contributed by atoms with Crippen LogP contribution in [0.3, 0.4) is 0 Å². The lowest BCUT2D eigenvalue weighted by atomic mass is 10.00. The van der Waals surface area contributed by atoms with Gasteiger partial charge in [0.1, 0.15) is 17.3 Å². The van der Waals surface area contributed by atoms with Gasteiger partial charge in [0.25, 0.3) is 0 Å². The molecule has 0 bridgehead atoms. The number of hydrogen-bond acceptors (Lipinski definition) is 5. The second-order valence-corrected chi connectivity index (χ2v) is 5.07. The van der Waals surface area contributed by atoms with Gasteiger partial charge in [-0.3, -0.25) is 0 Å². The minimum atomic E-state index is 0. The normalized spacial score (nSPS) is 10.2. The van der Waals surface area contributed by atoms with Crippen LogP contribution in [-0.2, 0) is 6.42 Å². The van der Waals surface area contributed by atoms with Crippen molar-refractivity contribution in [2.45, 2.75) is 6.42 Å². The maximum absolute atomic E-state index is 5.95. The van der Waals surface area contributed by atoms with Gasteiger partial charge in [-0.25, -0.2) is 4.98 Å². The highest BCUT2D eigenvalue weighted by atomic mass is 16.5. The van der Waals surface area contributed by atoms with Crippen LogP contribution in [0, 0.1) is 0 Å². The van der Waals surface area contributed by atoms with Gasteiger partial charge in [0, 0.05) is 18.0 Å². The highest BCUT2D eigenvalue weighted by Gasteiger charge is 2.11. The summed E-state index contributed by atoms with van der Waals surface area (Å²) >= 11 is 0. The summed E-state index contributed by atoms with van der Waals surface area (Å²) in [6, 6.07) is 14.0. The first-order valence-corrected chi connectivity index (χ1v) is 7.06. The molecule has 0 fully saturated rings. The van der Waals surface area contributed by atoms with Crippen LogP contribution >= 0.6 is 0 Å². The van der Waals surface area contributed by atoms with E-state index in [1.807, 2.05) is 36.4 Å². The molecular weight excluding hydrogens is 290 g/mol. The third-order valence-corrected chi connectivity index (χ3v) is 3.77. The minimum Gasteiger partial charge on any atom is -0.496 e. The highest BCUT2D eigenvalue weighted by Crippen LogP contribution is 2.33. The largest absolute Gasteiger partial charge is 0.496 e. The number of nitrogens with zero attached hydrogens (tertiary/aromatic N) is 1. The van der Waals surface area contributed by atoms with Crippen LogP contribution in [0.25, 0.3) is 10.8 Å². The van der Waals surface area contributed by atoms with Gasteiger partial charge in [-0.05, 0) is 40.8 Å². The van der Waals surface area contributed by atoms with Crippen molar-refractivity contribution in [1.29, 1.82) is 0 Å². The lowest BCUT2D eigenvalue weighted by Gasteiger charge is -2.13. The van der Waals surface area contributed by atoms with Crippen LogP contribution in [0.1, 0.15) is 11.1 Å². The summed E-state index contributed by atoms with van der Waals surface area (Å²) in [5.41, 5.74) is 7.99. The molecule has 1 heterocycles. The first-order valence-electron chi connectivity index (χ1n) is 7.06. The molecule has 5 N–H and O–H groups in total. The molecule has 0 amide bonds. The highest BCUT2D eigenvalue weighted by molar-refractivity contribution is 5.90. The van der Waals surface area contributed by atoms with E-state index in [9.17, 15) is 0 Å². The van der Waals surface area contributed by atoms with Crippen molar-refractivity contribution in [1.82, 2.24) is 11.1 Å². The minimum absolute atomic E-state index is 0. The lowest BCUT2D eigenvalue weighted by molar-refractivity contribution is 0.410. The monoisotopic (exact) mass is 311 g/mol. The van der Waals surface area contributed by atoms with Crippen molar-refractivity contribution in [2.24, 2.45) is 0 Å². The van der Waals surface area contributed by atoms with Gasteiger partial charge < -0.3 is 21.4 Å². The number of ether oxygens (including phenoxy) is 2. The van der Waals surface area contributed by atoms with Crippen molar-refractivity contribution in [2.75, 3.05) is 20.0 Å². The molecule has 0 unspecified atom stereocenters. The third kappa shape index (κ3) is 3.19. The molecular formula is C18H21N3O2. The molecule has 0 aliphatic carbocycles. The third-order valence-electron chi connectivity index (χ3n) is 3.77. The Morgan fingerprint density at radius 2 is 1.74 bits per heavy atom. The van der Waals surface area contributed by atoms with Crippen LogP contribution in [-0.4, -0.2) is 19.2 Å². The van der Waals surface area contributed by atoms with Gasteiger partial charge >= 0.3 is 0 Å². The number of nitrogen functional groups attached to an aromatic ring is 1. The molecule has 1 aromatic heterocycles. The van der Waals surface area contributed by atoms with Crippen LogP contribution in [0.2, 0.25) is 0 Å². The van der Waals surface area contributed by atoms with Crippen LogP contribution in [0.4, 0.5) is 5.82 Å². The van der Waals surface area contributed by atoms with E-state index >= 15 is 0 Å². The van der Waals surface area contributed by atoms with Crippen LogP contribution in [0.5, 0.6) is 11.5 Å². The fraction of sp³-hybridized carbons (Fsp3) is 0.167. The quantitative estimate of drug-likeness (QED) is 0.768. The summed E-state index contributed by atoms with van der Waals surface area (Å²) in [5, 5.41) is 2.14. The maximum atomic E-state index is 5.95. The predicted octanol–water partition coefficient (Wildman–Crippen LogP) is 3.59. The summed E-state index contributed by atoms with van der Waals surface area (Å²) in [6.45, 7) is 0. The van der Waals surface area contributed by atoms with E-state index in [1.54, 1.807) is 20.4 Å². The molecule has 0 atom stereocenters. The number of methoxy groups -OCH3 is 2. The maximum Gasteiger partial charge on any atom is 0.126 e. The molecule has 0 aliphatic heterocycles. The molecule has 120 valence electrons. The average Bonchev–Trinajstić information content (AvgIpc) is 2.55. The Balaban J connectivity index is 0.00000192. The molecule has 3 aromatic rings. The molecule has 3 rings (SSSR count). The molecule has 0 saturated carbocycles. The number of pyridine rings is 1. The Morgan fingerprint density at radius 1 is 0.957 bits per heavy atom. The van der Waals surface area contributed by atoms with Crippen molar-refractivity contribution in [3.8, 4) is 11.5 Å². The molecule has 23 heavy (non-hydrogen) atoms. The lowest BCUT2D eigenvalue weighted by Crippen LogP contribution is -2.00. The molecule has 0 spiro atoms. The molecule has 0 aliphatic rings. The van der Waals surface area contributed by atoms with E-state index in [0.717, 1.165) is 33.4 Å². The van der Waals surface area contributed by atoms with Crippen molar-refractivity contribution in [3.63, 3.8) is 0 Å². The van der Waals surface area contributed by atoms with Crippen LogP contribution in [0.15, 0.2) is 48.7 Å². The Bertz CT molecular complexity index is 818. The number of fused-ring (bicyclic) bond motifs is 1. The van der Waals surface area contributed by atoms with Gasteiger partial charge in [0.15, 0.2) is 0 Å². The number of aromatic nitrogens is 1. The van der Waals surface area contributed by atoms with E-state index < -0.39 is 0 Å². The first kappa shape index (κ1) is 16.6. The van der Waals surface area contributed by atoms with E-state index in [0.29, 0.717) is 12.2 Å². The van der Waals surface area contributed by atoms with Gasteiger partial charge in [0.05, 0.1) is 14.2 Å². The number of hydrogen-bond donors (Lipinski definition) is 2. The van der Waals surface area contributed by atoms with E-state index in [1.165, 1.54) is 0 Å². The fourth-order valence-electron chi connectivity index (χ4n) is 2.63. The Kier molecular flexibility index (Phi) is 5.03. The predicted molar refractivity (Wildman–Crippen MR) is 93.5 cm³/mol. The summed E-state index contributed by atoms with van der Waals surface area (Å²) in [5.74, 6) is 2.23. The number of nitrogens with two attached hydrogens (primary N) is 1. The number of benzene rings is 2. The molecule has 5 nitrogen and oxygen atoms in total. The summed E-state index contributed by atoms with van der Waals surface area (Å²) in [6.07, 6.45) is 2.36. The number of anilines is 1. The van der Waals surface area contributed by atoms with Gasteiger partial charge in [-0.2, -0.15) is 0 Å². The van der Waals surface area contributed by atoms with Crippen LogP contribution < -0.4 is 21.4 Å². The second-order valence-electron chi connectivity index (χ2n) is 5.07. The molecule has 0 saturated heterocycles. The smallest absolute Gasteiger partial charge is 0.126 e. The van der Waals surface area contributed by atoms with E-state index in [4.69, 9.17) is 15.2 Å². The summed E-state index contributed by atoms with van der Waals surface area (Å²) < 4.78 is 11.0. The van der Waals surface area contributed by atoms with E-state index in [-0.39, 0.29) is 6.15 Å². The van der Waals surface area contributed by atoms with Crippen molar-refractivity contribution >= 4 is 16.6 Å². The topological polar surface area (TPSA) is 92.4 Å². The Labute approximate surface area is 135 Å². The SMILES string of the molecule is COc1cc2cccc(OC)c2cc1Cc1cccnc1N.N. The first-order chi connectivity index (χ1) is 10.7. The Morgan fingerprint density at radius 3 is 2.43 bits per heavy atom. The summed E-state index contributed by atoms with van der Waals surface area (Å²) in [4.78, 5) is 4.14. The van der Waals surface area contributed by atoms with E-state index in [2.05, 4.69) is 11.1 Å². The zero-order valence-corrected chi connectivity index (χ0v) is 13.4. The average molecular weight is 311 g/mol. The number of rotatable bonds is 4. The van der Waals surface area contributed by atoms with Crippen molar-refractivity contribution in [3.05, 3.63) is 59.8 Å². The Hall–Kier alpha value is -2.79.